The van der Waals surface area contributed by atoms with Gasteiger partial charge in [0.15, 0.2) is 5.75 Å². The normalized spacial score (nSPS) is 14.9. The molecule has 1 fully saturated rings. The fraction of sp³-hybridized carbons (Fsp3) is 0.429. The summed E-state index contributed by atoms with van der Waals surface area (Å²) in [5, 5.41) is 11.7. The van der Waals surface area contributed by atoms with Crippen molar-refractivity contribution in [3.8, 4) is 11.4 Å². The minimum absolute atomic E-state index is 0.0199. The maximum atomic E-state index is 14.3. The van der Waals surface area contributed by atoms with E-state index in [2.05, 4.69) is 21.0 Å². The average molecular weight is 495 g/mol. The van der Waals surface area contributed by atoms with Crippen LogP contribution in [0.2, 0.25) is 0 Å². The number of carbonyl (C=O) groups excluding carboxylic acids is 1. The number of benzene rings is 1. The zero-order chi connectivity index (χ0) is 22.8. The molecule has 1 amide bonds. The zero-order valence-electron chi connectivity index (χ0n) is 17.5. The number of halogens is 2. The summed E-state index contributed by atoms with van der Waals surface area (Å²) in [6.07, 6.45) is 1.42. The topological polar surface area (TPSA) is 97.5 Å². The summed E-state index contributed by atoms with van der Waals surface area (Å²) in [5.74, 6) is -0.465. The third-order valence-electron chi connectivity index (χ3n) is 4.59. The number of rotatable bonds is 4. The molecule has 10 heteroatoms. The number of amides is 1. The standard InChI is InChI=1S/C21H24BrFN4O4/c1-21(2,3)31-20(29)26-8-6-14(7-9-26)30-18-11-19(28)27(25-16(18)12-24)17-5-4-13(22)10-15(17)23/h4-5,10-12,14,24H,6-9H2,1-3H3. The minimum atomic E-state index is -0.622. The largest absolute Gasteiger partial charge is 0.488 e. The van der Waals surface area contributed by atoms with Crippen molar-refractivity contribution in [3.63, 3.8) is 0 Å². The van der Waals surface area contributed by atoms with E-state index >= 15 is 0 Å². The molecule has 3 rings (SSSR count). The fourth-order valence-corrected chi connectivity index (χ4v) is 3.47. The summed E-state index contributed by atoms with van der Waals surface area (Å²) >= 11 is 3.17. The Morgan fingerprint density at radius 3 is 2.55 bits per heavy atom. The molecule has 1 aliphatic rings. The summed E-state index contributed by atoms with van der Waals surface area (Å²) in [6, 6.07) is 5.46. The minimum Gasteiger partial charge on any atom is -0.488 e. The van der Waals surface area contributed by atoms with Gasteiger partial charge >= 0.3 is 6.09 Å². The van der Waals surface area contributed by atoms with Gasteiger partial charge in [-0.05, 0) is 39.0 Å². The predicted molar refractivity (Wildman–Crippen MR) is 117 cm³/mol. The smallest absolute Gasteiger partial charge is 0.410 e. The molecular weight excluding hydrogens is 471 g/mol. The fourth-order valence-electron chi connectivity index (χ4n) is 3.14. The molecule has 8 nitrogen and oxygen atoms in total. The molecule has 1 aromatic heterocycles. The first-order valence-corrected chi connectivity index (χ1v) is 10.6. The van der Waals surface area contributed by atoms with Crippen molar-refractivity contribution in [2.45, 2.75) is 45.3 Å². The number of aromatic nitrogens is 2. The van der Waals surface area contributed by atoms with Crippen LogP contribution in [0.3, 0.4) is 0 Å². The van der Waals surface area contributed by atoms with Crippen molar-refractivity contribution in [1.29, 1.82) is 5.41 Å². The lowest BCUT2D eigenvalue weighted by Gasteiger charge is -2.33. The first-order valence-electron chi connectivity index (χ1n) is 9.82. The molecule has 0 bridgehead atoms. The number of hydrogen-bond acceptors (Lipinski definition) is 6. The van der Waals surface area contributed by atoms with Crippen molar-refractivity contribution in [1.82, 2.24) is 14.7 Å². The molecular formula is C21H24BrFN4O4. The van der Waals surface area contributed by atoms with E-state index in [4.69, 9.17) is 14.9 Å². The molecule has 2 aromatic rings. The van der Waals surface area contributed by atoms with Crippen molar-refractivity contribution in [2.75, 3.05) is 13.1 Å². The van der Waals surface area contributed by atoms with Gasteiger partial charge in [-0.1, -0.05) is 15.9 Å². The molecule has 1 N–H and O–H groups in total. The van der Waals surface area contributed by atoms with Crippen LogP contribution < -0.4 is 10.3 Å². The Bertz CT molecular complexity index is 1040. The third kappa shape index (κ3) is 5.69. The number of nitrogens with zero attached hydrogens (tertiary/aromatic N) is 3. The van der Waals surface area contributed by atoms with Gasteiger partial charge in [0.2, 0.25) is 0 Å². The average Bonchev–Trinajstić information content (AvgIpc) is 2.68. The van der Waals surface area contributed by atoms with Gasteiger partial charge in [-0.3, -0.25) is 4.79 Å². The second kappa shape index (κ2) is 9.17. The molecule has 0 atom stereocenters. The van der Waals surface area contributed by atoms with E-state index in [1.54, 1.807) is 11.0 Å². The van der Waals surface area contributed by atoms with Gasteiger partial charge in [0.25, 0.3) is 5.56 Å². The van der Waals surface area contributed by atoms with Gasteiger partial charge < -0.3 is 19.8 Å². The van der Waals surface area contributed by atoms with Crippen LogP contribution in [0.25, 0.3) is 5.69 Å². The Labute approximate surface area is 187 Å². The van der Waals surface area contributed by atoms with E-state index in [1.165, 1.54) is 18.2 Å². The SMILES string of the molecule is CC(C)(C)OC(=O)N1CCC(Oc2cc(=O)n(-c3ccc(Br)cc3F)nc2C=N)CC1. The molecule has 0 aliphatic carbocycles. The molecule has 31 heavy (non-hydrogen) atoms. The number of piperidine rings is 1. The summed E-state index contributed by atoms with van der Waals surface area (Å²) < 4.78 is 27.0. The molecule has 0 saturated carbocycles. The summed E-state index contributed by atoms with van der Waals surface area (Å²) in [7, 11) is 0. The van der Waals surface area contributed by atoms with E-state index in [-0.39, 0.29) is 29.3 Å². The van der Waals surface area contributed by atoms with Crippen LogP contribution in [-0.4, -0.2) is 51.8 Å². The Hall–Kier alpha value is -2.75. The lowest BCUT2D eigenvalue weighted by Crippen LogP contribution is -2.44. The molecule has 1 saturated heterocycles. The highest BCUT2D eigenvalue weighted by Crippen LogP contribution is 2.23. The van der Waals surface area contributed by atoms with Crippen LogP contribution in [0, 0.1) is 11.2 Å². The van der Waals surface area contributed by atoms with E-state index in [0.29, 0.717) is 30.4 Å². The number of hydrogen-bond donors (Lipinski definition) is 1. The van der Waals surface area contributed by atoms with Crippen LogP contribution >= 0.6 is 15.9 Å². The maximum Gasteiger partial charge on any atom is 0.410 e. The highest BCUT2D eigenvalue weighted by Gasteiger charge is 2.28. The number of nitrogens with one attached hydrogen (secondary N) is 1. The van der Waals surface area contributed by atoms with Gasteiger partial charge in [0.05, 0.1) is 0 Å². The summed E-state index contributed by atoms with van der Waals surface area (Å²) in [5.41, 5.74) is -1.05. The summed E-state index contributed by atoms with van der Waals surface area (Å²) in [4.78, 5) is 26.4. The highest BCUT2D eigenvalue weighted by molar-refractivity contribution is 9.10. The molecule has 166 valence electrons. The van der Waals surface area contributed by atoms with Crippen LogP contribution in [0.5, 0.6) is 5.75 Å². The van der Waals surface area contributed by atoms with E-state index in [9.17, 15) is 14.0 Å². The van der Waals surface area contributed by atoms with Gasteiger partial charge in [0, 0.05) is 42.7 Å². The van der Waals surface area contributed by atoms with Crippen LogP contribution in [-0.2, 0) is 4.74 Å². The van der Waals surface area contributed by atoms with Crippen LogP contribution in [0.15, 0.2) is 33.5 Å². The molecule has 2 heterocycles. The van der Waals surface area contributed by atoms with E-state index in [0.717, 1.165) is 10.9 Å². The summed E-state index contributed by atoms with van der Waals surface area (Å²) in [6.45, 7) is 6.35. The van der Waals surface area contributed by atoms with Crippen molar-refractivity contribution in [3.05, 3.63) is 50.6 Å². The van der Waals surface area contributed by atoms with E-state index in [1.807, 2.05) is 20.8 Å². The highest BCUT2D eigenvalue weighted by atomic mass is 79.9. The Balaban J connectivity index is 1.73. The number of carbonyl (C=O) groups is 1. The molecule has 0 spiro atoms. The predicted octanol–water partition coefficient (Wildman–Crippen LogP) is 3.91. The van der Waals surface area contributed by atoms with Crippen molar-refractivity contribution >= 4 is 28.2 Å². The van der Waals surface area contributed by atoms with Gasteiger partial charge in [-0.25, -0.2) is 9.18 Å². The Morgan fingerprint density at radius 2 is 1.97 bits per heavy atom. The monoisotopic (exact) mass is 494 g/mol. The molecule has 0 unspecified atom stereocenters. The quantitative estimate of drug-likeness (QED) is 0.649. The Kier molecular flexibility index (Phi) is 6.78. The van der Waals surface area contributed by atoms with Gasteiger partial charge in [0.1, 0.15) is 28.9 Å². The third-order valence-corrected chi connectivity index (χ3v) is 5.08. The first kappa shape index (κ1) is 22.9. The molecule has 1 aliphatic heterocycles. The van der Waals surface area contributed by atoms with Crippen molar-refractivity contribution < 1.29 is 18.7 Å². The second-order valence-corrected chi connectivity index (χ2v) is 9.08. The Morgan fingerprint density at radius 1 is 1.29 bits per heavy atom. The van der Waals surface area contributed by atoms with Crippen LogP contribution in [0.1, 0.15) is 39.3 Å². The molecule has 1 aromatic carbocycles. The van der Waals surface area contributed by atoms with Crippen LogP contribution in [0.4, 0.5) is 9.18 Å². The number of likely N-dealkylation sites (tertiary alicyclic amines) is 1. The zero-order valence-corrected chi connectivity index (χ0v) is 19.1. The lowest BCUT2D eigenvalue weighted by molar-refractivity contribution is 0.0126. The van der Waals surface area contributed by atoms with Crippen molar-refractivity contribution in [2.24, 2.45) is 0 Å². The number of ether oxygens (including phenoxy) is 2. The lowest BCUT2D eigenvalue weighted by atomic mass is 10.1. The van der Waals surface area contributed by atoms with E-state index < -0.39 is 17.0 Å². The second-order valence-electron chi connectivity index (χ2n) is 8.17. The first-order chi connectivity index (χ1) is 14.6. The molecule has 0 radical (unpaired) electrons. The van der Waals surface area contributed by atoms with Gasteiger partial charge in [-0.2, -0.15) is 9.78 Å². The van der Waals surface area contributed by atoms with Gasteiger partial charge in [-0.15, -0.1) is 0 Å². The maximum absolute atomic E-state index is 14.3.